The molecule has 2 aliphatic rings. The second kappa shape index (κ2) is 6.41. The van der Waals surface area contributed by atoms with Gasteiger partial charge in [0.25, 0.3) is 5.22 Å². The summed E-state index contributed by atoms with van der Waals surface area (Å²) < 4.78 is 5.69. The maximum atomic E-state index is 12.8. The van der Waals surface area contributed by atoms with Crippen LogP contribution in [0.3, 0.4) is 0 Å². The third kappa shape index (κ3) is 3.52. The fourth-order valence-corrected chi connectivity index (χ4v) is 5.57. The van der Waals surface area contributed by atoms with E-state index in [1.54, 1.807) is 0 Å². The Kier molecular flexibility index (Phi) is 4.34. The number of thioether (sulfide) groups is 1. The summed E-state index contributed by atoms with van der Waals surface area (Å²) in [5, 5.41) is 8.60. The Hall–Kier alpha value is -1.82. The van der Waals surface area contributed by atoms with E-state index in [0.717, 1.165) is 24.9 Å². The van der Waals surface area contributed by atoms with Crippen LogP contribution < -0.4 is 0 Å². The molecule has 1 saturated heterocycles. The average Bonchev–Trinajstić information content (AvgIpc) is 3.15. The third-order valence-corrected chi connectivity index (χ3v) is 6.28. The lowest BCUT2D eigenvalue weighted by atomic mass is 9.65. The molecule has 2 aromatic rings. The smallest absolute Gasteiger partial charge is 0.277 e. The molecule has 138 valence electrons. The highest BCUT2D eigenvalue weighted by Gasteiger charge is 2.50. The number of amides is 1. The van der Waals surface area contributed by atoms with E-state index in [4.69, 9.17) is 4.42 Å². The van der Waals surface area contributed by atoms with Gasteiger partial charge >= 0.3 is 0 Å². The number of carbonyl (C=O) groups is 1. The van der Waals surface area contributed by atoms with Gasteiger partial charge in [0.05, 0.1) is 5.75 Å². The number of hydrogen-bond acceptors (Lipinski definition) is 5. The van der Waals surface area contributed by atoms with Gasteiger partial charge in [0.1, 0.15) is 0 Å². The Morgan fingerprint density at radius 2 is 2.00 bits per heavy atom. The molecule has 0 spiro atoms. The molecule has 2 atom stereocenters. The van der Waals surface area contributed by atoms with Crippen molar-refractivity contribution < 1.29 is 9.21 Å². The van der Waals surface area contributed by atoms with Gasteiger partial charge in [0.2, 0.25) is 11.8 Å². The lowest BCUT2D eigenvalue weighted by molar-refractivity contribution is -0.129. The Labute approximate surface area is 158 Å². The SMILES string of the molecule is CC1(C)C[C@H]2C[C@@](C)(CN2C(=O)CSc2nnc(-c3ccccc3)o2)C1. The van der Waals surface area contributed by atoms with E-state index < -0.39 is 0 Å². The lowest BCUT2D eigenvalue weighted by Gasteiger charge is -2.39. The number of carbonyl (C=O) groups excluding carboxylic acids is 1. The van der Waals surface area contributed by atoms with Crippen molar-refractivity contribution in [2.45, 2.75) is 51.3 Å². The van der Waals surface area contributed by atoms with Crippen LogP contribution >= 0.6 is 11.8 Å². The molecule has 0 unspecified atom stereocenters. The summed E-state index contributed by atoms with van der Waals surface area (Å²) in [5.74, 6) is 1.02. The van der Waals surface area contributed by atoms with Crippen molar-refractivity contribution in [2.24, 2.45) is 10.8 Å². The summed E-state index contributed by atoms with van der Waals surface area (Å²) in [6, 6.07) is 10.1. The molecule has 0 radical (unpaired) electrons. The maximum absolute atomic E-state index is 12.8. The van der Waals surface area contributed by atoms with Gasteiger partial charge in [-0.15, -0.1) is 10.2 Å². The number of aromatic nitrogens is 2. The Bertz CT molecular complexity index is 804. The molecule has 2 fully saturated rings. The molecule has 5 nitrogen and oxygen atoms in total. The topological polar surface area (TPSA) is 59.2 Å². The normalized spacial score (nSPS) is 26.9. The first-order valence-electron chi connectivity index (χ1n) is 9.15. The van der Waals surface area contributed by atoms with E-state index in [0.29, 0.717) is 28.3 Å². The minimum Gasteiger partial charge on any atom is -0.411 e. The van der Waals surface area contributed by atoms with E-state index in [2.05, 4.69) is 35.9 Å². The predicted octanol–water partition coefficient (Wildman–Crippen LogP) is 4.26. The average molecular weight is 372 g/mol. The van der Waals surface area contributed by atoms with Crippen molar-refractivity contribution in [1.29, 1.82) is 0 Å². The van der Waals surface area contributed by atoms with Gasteiger partial charge in [-0.2, -0.15) is 0 Å². The summed E-state index contributed by atoms with van der Waals surface area (Å²) >= 11 is 1.33. The van der Waals surface area contributed by atoms with E-state index in [-0.39, 0.29) is 11.3 Å². The molecule has 26 heavy (non-hydrogen) atoms. The van der Waals surface area contributed by atoms with Crippen LogP contribution in [0, 0.1) is 10.8 Å². The maximum Gasteiger partial charge on any atom is 0.277 e. The van der Waals surface area contributed by atoms with Crippen LogP contribution in [0.4, 0.5) is 0 Å². The first-order chi connectivity index (χ1) is 12.3. The van der Waals surface area contributed by atoms with Crippen molar-refractivity contribution in [3.63, 3.8) is 0 Å². The molecule has 2 heterocycles. The molecule has 4 rings (SSSR count). The predicted molar refractivity (Wildman–Crippen MR) is 102 cm³/mol. The first-order valence-corrected chi connectivity index (χ1v) is 10.1. The molecule has 1 saturated carbocycles. The molecule has 1 amide bonds. The van der Waals surface area contributed by atoms with Crippen molar-refractivity contribution in [1.82, 2.24) is 15.1 Å². The highest BCUT2D eigenvalue weighted by molar-refractivity contribution is 7.99. The highest BCUT2D eigenvalue weighted by atomic mass is 32.2. The summed E-state index contributed by atoms with van der Waals surface area (Å²) in [4.78, 5) is 14.9. The summed E-state index contributed by atoms with van der Waals surface area (Å²) in [5.41, 5.74) is 1.47. The van der Waals surface area contributed by atoms with Crippen molar-refractivity contribution >= 4 is 17.7 Å². The van der Waals surface area contributed by atoms with Crippen LogP contribution in [0.2, 0.25) is 0 Å². The second-order valence-electron chi connectivity index (χ2n) is 8.76. The zero-order valence-electron chi connectivity index (χ0n) is 15.6. The van der Waals surface area contributed by atoms with Gasteiger partial charge in [-0.3, -0.25) is 4.79 Å². The first kappa shape index (κ1) is 17.6. The van der Waals surface area contributed by atoms with Gasteiger partial charge < -0.3 is 9.32 Å². The number of nitrogens with zero attached hydrogens (tertiary/aromatic N) is 3. The number of rotatable bonds is 4. The van der Waals surface area contributed by atoms with Crippen LogP contribution in [-0.4, -0.2) is 39.3 Å². The molecule has 0 N–H and O–H groups in total. The molecule has 1 aromatic carbocycles. The van der Waals surface area contributed by atoms with Crippen LogP contribution in [-0.2, 0) is 4.79 Å². The van der Waals surface area contributed by atoms with E-state index in [9.17, 15) is 4.79 Å². The highest BCUT2D eigenvalue weighted by Crippen LogP contribution is 2.52. The van der Waals surface area contributed by atoms with Crippen LogP contribution in [0.15, 0.2) is 40.0 Å². The molecule has 1 aliphatic heterocycles. The zero-order valence-corrected chi connectivity index (χ0v) is 16.4. The number of fused-ring (bicyclic) bond motifs is 2. The largest absolute Gasteiger partial charge is 0.411 e. The minimum atomic E-state index is 0.181. The van der Waals surface area contributed by atoms with E-state index in [1.165, 1.54) is 18.2 Å². The Morgan fingerprint density at radius 3 is 2.77 bits per heavy atom. The molecule has 1 aromatic heterocycles. The van der Waals surface area contributed by atoms with Crippen molar-refractivity contribution in [3.05, 3.63) is 30.3 Å². The molecule has 6 heteroatoms. The third-order valence-electron chi connectivity index (χ3n) is 5.48. The zero-order chi connectivity index (χ0) is 18.4. The van der Waals surface area contributed by atoms with Gasteiger partial charge in [-0.1, -0.05) is 50.7 Å². The standard InChI is InChI=1S/C20H25N3O2S/c1-19(2)9-15-10-20(3,12-19)13-23(15)16(24)11-26-18-22-21-17(25-18)14-7-5-4-6-8-14/h4-8,15H,9-13H2,1-3H3/t15-,20+/m0/s1. The molecule has 2 bridgehead atoms. The molecule has 1 aliphatic carbocycles. The van der Waals surface area contributed by atoms with Crippen LogP contribution in [0.25, 0.3) is 11.5 Å². The van der Waals surface area contributed by atoms with Crippen molar-refractivity contribution in [3.8, 4) is 11.5 Å². The number of likely N-dealkylation sites (tertiary alicyclic amines) is 1. The number of hydrogen-bond donors (Lipinski definition) is 0. The van der Waals surface area contributed by atoms with Gasteiger partial charge in [0, 0.05) is 18.2 Å². The van der Waals surface area contributed by atoms with Gasteiger partial charge in [-0.05, 0) is 42.2 Å². The molecular weight excluding hydrogens is 346 g/mol. The lowest BCUT2D eigenvalue weighted by Crippen LogP contribution is -2.38. The monoisotopic (exact) mass is 371 g/mol. The summed E-state index contributed by atoms with van der Waals surface area (Å²) in [6.45, 7) is 7.85. The van der Waals surface area contributed by atoms with Crippen LogP contribution in [0.1, 0.15) is 40.0 Å². The van der Waals surface area contributed by atoms with Crippen molar-refractivity contribution in [2.75, 3.05) is 12.3 Å². The Morgan fingerprint density at radius 1 is 1.23 bits per heavy atom. The number of benzene rings is 1. The fourth-order valence-electron chi connectivity index (χ4n) is 4.92. The van der Waals surface area contributed by atoms with Crippen LogP contribution in [0.5, 0.6) is 0 Å². The fraction of sp³-hybridized carbons (Fsp3) is 0.550. The minimum absolute atomic E-state index is 0.181. The van der Waals surface area contributed by atoms with Gasteiger partial charge in [0.15, 0.2) is 0 Å². The Balaban J connectivity index is 1.39. The quantitative estimate of drug-likeness (QED) is 0.752. The second-order valence-corrected chi connectivity index (χ2v) is 9.69. The summed E-state index contributed by atoms with van der Waals surface area (Å²) in [6.07, 6.45) is 3.42. The van der Waals surface area contributed by atoms with E-state index >= 15 is 0 Å². The summed E-state index contributed by atoms with van der Waals surface area (Å²) in [7, 11) is 0. The molecular formula is C20H25N3O2S. The van der Waals surface area contributed by atoms with E-state index in [1.807, 2.05) is 30.3 Å². The van der Waals surface area contributed by atoms with Gasteiger partial charge in [-0.25, -0.2) is 0 Å².